The SMILES string of the molecule is CCCNCCNS(=O)(=O)c1cc(OC)cc(OC)c1.Cl. The smallest absolute Gasteiger partial charge is 0.240 e. The maximum absolute atomic E-state index is 12.2. The molecule has 0 spiro atoms. The number of hydrogen-bond acceptors (Lipinski definition) is 5. The molecule has 0 saturated heterocycles. The third-order valence-electron chi connectivity index (χ3n) is 2.66. The third kappa shape index (κ3) is 6.52. The maximum atomic E-state index is 12.2. The zero-order valence-electron chi connectivity index (χ0n) is 12.5. The second-order valence-corrected chi connectivity index (χ2v) is 5.96. The van der Waals surface area contributed by atoms with Crippen LogP contribution in [-0.4, -0.2) is 42.3 Å². The Hall–Kier alpha value is -1.02. The van der Waals surface area contributed by atoms with Crippen molar-refractivity contribution in [2.24, 2.45) is 0 Å². The highest BCUT2D eigenvalue weighted by Crippen LogP contribution is 2.25. The van der Waals surface area contributed by atoms with Crippen LogP contribution in [0, 0.1) is 0 Å². The van der Waals surface area contributed by atoms with Gasteiger partial charge in [0.15, 0.2) is 0 Å². The van der Waals surface area contributed by atoms with Gasteiger partial charge in [0, 0.05) is 31.3 Å². The summed E-state index contributed by atoms with van der Waals surface area (Å²) in [4.78, 5) is 0.129. The van der Waals surface area contributed by atoms with Crippen molar-refractivity contribution < 1.29 is 17.9 Å². The highest BCUT2D eigenvalue weighted by atomic mass is 35.5. The van der Waals surface area contributed by atoms with Gasteiger partial charge in [-0.3, -0.25) is 0 Å². The lowest BCUT2D eigenvalue weighted by molar-refractivity contribution is 0.392. The Morgan fingerprint density at radius 2 is 1.57 bits per heavy atom. The van der Waals surface area contributed by atoms with Gasteiger partial charge < -0.3 is 14.8 Å². The fourth-order valence-corrected chi connectivity index (χ4v) is 2.68. The second-order valence-electron chi connectivity index (χ2n) is 4.20. The predicted octanol–water partition coefficient (Wildman–Crippen LogP) is 1.40. The fourth-order valence-electron chi connectivity index (χ4n) is 1.60. The fraction of sp³-hybridized carbons (Fsp3) is 0.538. The van der Waals surface area contributed by atoms with E-state index >= 15 is 0 Å². The Kier molecular flexibility index (Phi) is 9.36. The average molecular weight is 339 g/mol. The summed E-state index contributed by atoms with van der Waals surface area (Å²) in [5.41, 5.74) is 0. The van der Waals surface area contributed by atoms with Crippen LogP contribution in [-0.2, 0) is 10.0 Å². The Balaban J connectivity index is 0.00000400. The molecule has 0 aromatic heterocycles. The zero-order chi connectivity index (χ0) is 15.0. The summed E-state index contributed by atoms with van der Waals surface area (Å²) in [7, 11) is -0.604. The van der Waals surface area contributed by atoms with Crippen LogP contribution in [0.2, 0.25) is 0 Å². The molecule has 0 aliphatic rings. The summed E-state index contributed by atoms with van der Waals surface area (Å²) < 4.78 is 37.0. The number of methoxy groups -OCH3 is 2. The molecule has 0 fully saturated rings. The maximum Gasteiger partial charge on any atom is 0.240 e. The summed E-state index contributed by atoms with van der Waals surface area (Å²) in [6, 6.07) is 4.55. The van der Waals surface area contributed by atoms with Gasteiger partial charge in [0.25, 0.3) is 0 Å². The lowest BCUT2D eigenvalue weighted by atomic mass is 10.3. The Morgan fingerprint density at radius 3 is 2.05 bits per heavy atom. The van der Waals surface area contributed by atoms with Crippen molar-refractivity contribution >= 4 is 22.4 Å². The van der Waals surface area contributed by atoms with Crippen molar-refractivity contribution in [1.82, 2.24) is 10.0 Å². The van der Waals surface area contributed by atoms with Gasteiger partial charge in [0.05, 0.1) is 19.1 Å². The van der Waals surface area contributed by atoms with Gasteiger partial charge in [-0.1, -0.05) is 6.92 Å². The minimum Gasteiger partial charge on any atom is -0.497 e. The topological polar surface area (TPSA) is 76.7 Å². The molecule has 1 rings (SSSR count). The van der Waals surface area contributed by atoms with Gasteiger partial charge in [-0.05, 0) is 13.0 Å². The Bertz CT molecular complexity index is 501. The molecule has 0 aliphatic carbocycles. The van der Waals surface area contributed by atoms with E-state index in [1.807, 2.05) is 0 Å². The quantitative estimate of drug-likeness (QED) is 0.666. The minimum absolute atomic E-state index is 0. The number of rotatable bonds is 9. The van der Waals surface area contributed by atoms with Gasteiger partial charge in [0.2, 0.25) is 10.0 Å². The number of nitrogens with one attached hydrogen (secondary N) is 2. The molecule has 0 atom stereocenters. The van der Waals surface area contributed by atoms with E-state index in [4.69, 9.17) is 9.47 Å². The molecule has 0 heterocycles. The van der Waals surface area contributed by atoms with Gasteiger partial charge >= 0.3 is 0 Å². The summed E-state index contributed by atoms with van der Waals surface area (Å²) in [6.45, 7) is 3.85. The molecule has 6 nitrogen and oxygen atoms in total. The highest BCUT2D eigenvalue weighted by molar-refractivity contribution is 7.89. The largest absolute Gasteiger partial charge is 0.497 e. The van der Waals surface area contributed by atoms with E-state index in [2.05, 4.69) is 17.0 Å². The Labute approximate surface area is 132 Å². The Morgan fingerprint density at radius 1 is 1.00 bits per heavy atom. The number of benzene rings is 1. The lowest BCUT2D eigenvalue weighted by Crippen LogP contribution is -2.32. The van der Waals surface area contributed by atoms with Crippen LogP contribution in [0.3, 0.4) is 0 Å². The van der Waals surface area contributed by atoms with Crippen LogP contribution in [0.1, 0.15) is 13.3 Å². The first kappa shape index (κ1) is 20.0. The molecule has 21 heavy (non-hydrogen) atoms. The molecule has 2 N–H and O–H groups in total. The van der Waals surface area contributed by atoms with Crippen molar-refractivity contribution in [2.75, 3.05) is 33.9 Å². The van der Waals surface area contributed by atoms with Crippen molar-refractivity contribution in [2.45, 2.75) is 18.2 Å². The van der Waals surface area contributed by atoms with Crippen LogP contribution in [0.25, 0.3) is 0 Å². The molecule has 0 unspecified atom stereocenters. The number of ether oxygens (including phenoxy) is 2. The van der Waals surface area contributed by atoms with Gasteiger partial charge in [-0.2, -0.15) is 0 Å². The molecule has 0 aliphatic heterocycles. The van der Waals surface area contributed by atoms with Gasteiger partial charge in [-0.15, -0.1) is 12.4 Å². The molecule has 0 bridgehead atoms. The molecular formula is C13H23ClN2O4S. The standard InChI is InChI=1S/C13H22N2O4S.ClH/c1-4-5-14-6-7-15-20(16,17)13-9-11(18-2)8-12(10-13)19-3;/h8-10,14-15H,4-7H2,1-3H3;1H. The van der Waals surface area contributed by atoms with Crippen LogP contribution in [0.5, 0.6) is 11.5 Å². The van der Waals surface area contributed by atoms with Crippen molar-refractivity contribution in [3.63, 3.8) is 0 Å². The number of sulfonamides is 1. The van der Waals surface area contributed by atoms with E-state index in [1.54, 1.807) is 6.07 Å². The van der Waals surface area contributed by atoms with E-state index < -0.39 is 10.0 Å². The highest BCUT2D eigenvalue weighted by Gasteiger charge is 2.16. The van der Waals surface area contributed by atoms with E-state index in [-0.39, 0.29) is 17.3 Å². The van der Waals surface area contributed by atoms with E-state index in [1.165, 1.54) is 26.4 Å². The third-order valence-corrected chi connectivity index (χ3v) is 4.10. The number of halogens is 1. The molecule has 1 aromatic carbocycles. The first-order valence-corrected chi connectivity index (χ1v) is 7.95. The molecule has 8 heteroatoms. The molecular weight excluding hydrogens is 316 g/mol. The van der Waals surface area contributed by atoms with Crippen molar-refractivity contribution in [1.29, 1.82) is 0 Å². The second kappa shape index (κ2) is 9.83. The number of hydrogen-bond donors (Lipinski definition) is 2. The summed E-state index contributed by atoms with van der Waals surface area (Å²) in [5, 5.41) is 3.13. The van der Waals surface area contributed by atoms with E-state index in [9.17, 15) is 8.42 Å². The van der Waals surface area contributed by atoms with E-state index in [0.29, 0.717) is 24.6 Å². The van der Waals surface area contributed by atoms with Gasteiger partial charge in [-0.25, -0.2) is 13.1 Å². The molecule has 0 saturated carbocycles. The first-order valence-electron chi connectivity index (χ1n) is 6.47. The van der Waals surface area contributed by atoms with Crippen LogP contribution in [0.15, 0.2) is 23.1 Å². The van der Waals surface area contributed by atoms with Crippen LogP contribution >= 0.6 is 12.4 Å². The molecule has 0 amide bonds. The first-order chi connectivity index (χ1) is 9.53. The lowest BCUT2D eigenvalue weighted by Gasteiger charge is -2.10. The molecule has 0 radical (unpaired) electrons. The normalized spacial score (nSPS) is 10.8. The summed E-state index contributed by atoms with van der Waals surface area (Å²) >= 11 is 0. The molecule has 122 valence electrons. The van der Waals surface area contributed by atoms with Crippen LogP contribution in [0.4, 0.5) is 0 Å². The summed E-state index contributed by atoms with van der Waals surface area (Å²) in [5.74, 6) is 0.877. The van der Waals surface area contributed by atoms with Crippen molar-refractivity contribution in [3.05, 3.63) is 18.2 Å². The monoisotopic (exact) mass is 338 g/mol. The van der Waals surface area contributed by atoms with E-state index in [0.717, 1.165) is 13.0 Å². The van der Waals surface area contributed by atoms with Crippen LogP contribution < -0.4 is 19.5 Å². The zero-order valence-corrected chi connectivity index (χ0v) is 14.1. The summed E-state index contributed by atoms with van der Waals surface area (Å²) in [6.07, 6.45) is 1.01. The average Bonchev–Trinajstić information content (AvgIpc) is 2.46. The minimum atomic E-state index is -3.56. The van der Waals surface area contributed by atoms with Gasteiger partial charge in [0.1, 0.15) is 11.5 Å². The molecule has 1 aromatic rings. The van der Waals surface area contributed by atoms with Crippen molar-refractivity contribution in [3.8, 4) is 11.5 Å². The predicted molar refractivity (Wildman–Crippen MR) is 85.1 cm³/mol.